The van der Waals surface area contributed by atoms with E-state index in [1.54, 1.807) is 6.92 Å². The molecule has 1 aromatic rings. The zero-order valence-corrected chi connectivity index (χ0v) is 21.6. The Hall–Kier alpha value is -2.88. The maximum absolute atomic E-state index is 13.3. The lowest BCUT2D eigenvalue weighted by Crippen LogP contribution is -2.37. The highest BCUT2D eigenvalue weighted by atomic mass is 16.5. The van der Waals surface area contributed by atoms with Gasteiger partial charge in [0.25, 0.3) is 0 Å². The van der Waals surface area contributed by atoms with Crippen molar-refractivity contribution in [2.45, 2.75) is 73.3 Å². The zero-order valence-electron chi connectivity index (χ0n) is 21.6. The standard InChI is InChI=1S/C30H40O4/c1-21(2)12-10-13-22(3)14-11-15-23(4)18-19-26-24(5)27(31)29(33-6)30(28(26)32)34-20-25-16-8-7-9-17-25/h7-9,12,14,16-18,24,26H,10-11,13,15,19-20H2,1-6H3/b22-14+,23-18+. The van der Waals surface area contributed by atoms with Gasteiger partial charge in [-0.1, -0.05) is 72.2 Å². The highest BCUT2D eigenvalue weighted by molar-refractivity contribution is 6.11. The molecule has 2 unspecified atom stereocenters. The summed E-state index contributed by atoms with van der Waals surface area (Å²) in [6, 6.07) is 9.60. The molecule has 1 aliphatic carbocycles. The molecule has 0 saturated carbocycles. The first kappa shape index (κ1) is 27.4. The van der Waals surface area contributed by atoms with Crippen molar-refractivity contribution in [3.05, 3.63) is 82.4 Å². The SMILES string of the molecule is COC1=C(OCc2ccccc2)C(=O)C(C/C=C(\C)CC/C=C(\C)CCC=C(C)C)C(C)C1=O. The molecule has 0 amide bonds. The quantitative estimate of drug-likeness (QED) is 0.305. The molecule has 1 aromatic carbocycles. The van der Waals surface area contributed by atoms with E-state index in [0.717, 1.165) is 31.2 Å². The van der Waals surface area contributed by atoms with Crippen LogP contribution in [0, 0.1) is 11.8 Å². The van der Waals surface area contributed by atoms with E-state index in [4.69, 9.17) is 9.47 Å². The Bertz CT molecular complexity index is 959. The number of ether oxygens (including phenoxy) is 2. The van der Waals surface area contributed by atoms with Gasteiger partial charge in [-0.3, -0.25) is 9.59 Å². The summed E-state index contributed by atoms with van der Waals surface area (Å²) in [5.41, 5.74) is 4.93. The van der Waals surface area contributed by atoms with Gasteiger partial charge in [0, 0.05) is 11.8 Å². The molecule has 0 radical (unpaired) electrons. The molecule has 184 valence electrons. The smallest absolute Gasteiger partial charge is 0.209 e. The molecule has 4 heteroatoms. The van der Waals surface area contributed by atoms with E-state index in [1.807, 2.05) is 30.3 Å². The van der Waals surface area contributed by atoms with Crippen molar-refractivity contribution in [2.24, 2.45) is 11.8 Å². The van der Waals surface area contributed by atoms with E-state index in [0.29, 0.717) is 6.42 Å². The summed E-state index contributed by atoms with van der Waals surface area (Å²) in [7, 11) is 1.42. The van der Waals surface area contributed by atoms with E-state index in [1.165, 1.54) is 23.8 Å². The van der Waals surface area contributed by atoms with E-state index < -0.39 is 11.8 Å². The molecule has 1 aliphatic rings. The van der Waals surface area contributed by atoms with Crippen molar-refractivity contribution < 1.29 is 19.1 Å². The molecule has 2 atom stereocenters. The van der Waals surface area contributed by atoms with Gasteiger partial charge in [0.2, 0.25) is 23.1 Å². The van der Waals surface area contributed by atoms with Crippen molar-refractivity contribution in [3.8, 4) is 0 Å². The average molecular weight is 465 g/mol. The molecule has 0 bridgehead atoms. The lowest BCUT2D eigenvalue weighted by Gasteiger charge is -2.28. The van der Waals surface area contributed by atoms with Crippen LogP contribution in [0.1, 0.15) is 72.3 Å². The Kier molecular flexibility index (Phi) is 11.1. The number of hydrogen-bond donors (Lipinski definition) is 0. The van der Waals surface area contributed by atoms with Gasteiger partial charge in [-0.05, 0) is 65.4 Å². The van der Waals surface area contributed by atoms with Crippen molar-refractivity contribution in [1.29, 1.82) is 0 Å². The Balaban J connectivity index is 2.00. The van der Waals surface area contributed by atoms with Gasteiger partial charge in [-0.25, -0.2) is 0 Å². The highest BCUT2D eigenvalue weighted by Gasteiger charge is 2.42. The molecule has 0 N–H and O–H groups in total. The number of Topliss-reactive ketones (excluding diaryl/α,β-unsaturated/α-hetero) is 2. The third-order valence-electron chi connectivity index (χ3n) is 6.28. The minimum atomic E-state index is -0.437. The Labute approximate surface area is 205 Å². The first-order chi connectivity index (χ1) is 16.2. The summed E-state index contributed by atoms with van der Waals surface area (Å²) in [6.07, 6.45) is 11.3. The lowest BCUT2D eigenvalue weighted by molar-refractivity contribution is -0.135. The van der Waals surface area contributed by atoms with Crippen LogP contribution in [0.5, 0.6) is 0 Å². The first-order valence-electron chi connectivity index (χ1n) is 12.2. The molecule has 34 heavy (non-hydrogen) atoms. The van der Waals surface area contributed by atoms with Crippen LogP contribution in [0.3, 0.4) is 0 Å². The zero-order chi connectivity index (χ0) is 25.1. The number of benzene rings is 1. The van der Waals surface area contributed by atoms with Gasteiger partial charge in [-0.2, -0.15) is 0 Å². The second kappa shape index (κ2) is 13.7. The number of allylic oxidation sites excluding steroid dienone is 8. The predicted octanol–water partition coefficient (Wildman–Crippen LogP) is 7.27. The van der Waals surface area contributed by atoms with Gasteiger partial charge < -0.3 is 9.47 Å². The van der Waals surface area contributed by atoms with Crippen LogP contribution >= 0.6 is 0 Å². The van der Waals surface area contributed by atoms with E-state index in [9.17, 15) is 9.59 Å². The van der Waals surface area contributed by atoms with Crippen LogP contribution in [0.4, 0.5) is 0 Å². The first-order valence-corrected chi connectivity index (χ1v) is 12.2. The Morgan fingerprint density at radius 1 is 0.853 bits per heavy atom. The molecule has 0 aliphatic heterocycles. The molecule has 0 saturated heterocycles. The van der Waals surface area contributed by atoms with Gasteiger partial charge in [0.05, 0.1) is 7.11 Å². The van der Waals surface area contributed by atoms with Crippen LogP contribution in [-0.4, -0.2) is 18.7 Å². The average Bonchev–Trinajstić information content (AvgIpc) is 2.81. The minimum Gasteiger partial charge on any atom is -0.490 e. The van der Waals surface area contributed by atoms with Gasteiger partial charge in [-0.15, -0.1) is 0 Å². The summed E-state index contributed by atoms with van der Waals surface area (Å²) in [5, 5.41) is 0. The maximum Gasteiger partial charge on any atom is 0.209 e. The Morgan fingerprint density at radius 2 is 1.47 bits per heavy atom. The van der Waals surface area contributed by atoms with E-state index in [-0.39, 0.29) is 29.7 Å². The molecule has 0 heterocycles. The fourth-order valence-corrected chi connectivity index (χ4v) is 4.05. The summed E-state index contributed by atoms with van der Waals surface area (Å²) in [4.78, 5) is 26.2. The summed E-state index contributed by atoms with van der Waals surface area (Å²) < 4.78 is 11.1. The number of carbonyl (C=O) groups is 2. The largest absolute Gasteiger partial charge is 0.490 e. The number of ketones is 2. The normalized spacial score (nSPS) is 19.4. The van der Waals surface area contributed by atoms with Gasteiger partial charge >= 0.3 is 0 Å². The van der Waals surface area contributed by atoms with Gasteiger partial charge in [0.1, 0.15) is 6.61 Å². The fourth-order valence-electron chi connectivity index (χ4n) is 4.05. The van der Waals surface area contributed by atoms with E-state index in [2.05, 4.69) is 45.9 Å². The molecular formula is C30H40O4. The maximum atomic E-state index is 13.3. The molecule has 0 aromatic heterocycles. The topological polar surface area (TPSA) is 52.6 Å². The summed E-state index contributed by atoms with van der Waals surface area (Å²) in [5.74, 6) is -1.10. The Morgan fingerprint density at radius 3 is 2.09 bits per heavy atom. The highest BCUT2D eigenvalue weighted by Crippen LogP contribution is 2.33. The van der Waals surface area contributed by atoms with Crippen LogP contribution in [0.15, 0.2) is 76.8 Å². The number of hydrogen-bond acceptors (Lipinski definition) is 4. The predicted molar refractivity (Wildman–Crippen MR) is 138 cm³/mol. The second-order valence-electron chi connectivity index (χ2n) is 9.46. The lowest BCUT2D eigenvalue weighted by atomic mass is 9.78. The number of rotatable bonds is 12. The third kappa shape index (κ3) is 8.16. The van der Waals surface area contributed by atoms with Crippen LogP contribution in [0.25, 0.3) is 0 Å². The van der Waals surface area contributed by atoms with Gasteiger partial charge in [0.15, 0.2) is 0 Å². The minimum absolute atomic E-state index is 0.0408. The van der Waals surface area contributed by atoms with Crippen molar-refractivity contribution in [1.82, 2.24) is 0 Å². The summed E-state index contributed by atoms with van der Waals surface area (Å²) in [6.45, 7) is 10.6. The van der Waals surface area contributed by atoms with E-state index >= 15 is 0 Å². The molecular weight excluding hydrogens is 424 g/mol. The second-order valence-corrected chi connectivity index (χ2v) is 9.46. The summed E-state index contributed by atoms with van der Waals surface area (Å²) >= 11 is 0. The van der Waals surface area contributed by atoms with Crippen LogP contribution in [-0.2, 0) is 25.7 Å². The monoisotopic (exact) mass is 464 g/mol. The molecule has 0 fully saturated rings. The van der Waals surface area contributed by atoms with Crippen molar-refractivity contribution >= 4 is 11.6 Å². The van der Waals surface area contributed by atoms with Crippen molar-refractivity contribution in [3.63, 3.8) is 0 Å². The molecule has 2 rings (SSSR count). The molecule has 4 nitrogen and oxygen atoms in total. The number of carbonyl (C=O) groups excluding carboxylic acids is 2. The molecule has 0 spiro atoms. The van der Waals surface area contributed by atoms with Crippen LogP contribution in [0.2, 0.25) is 0 Å². The van der Waals surface area contributed by atoms with Crippen molar-refractivity contribution in [2.75, 3.05) is 7.11 Å². The third-order valence-corrected chi connectivity index (χ3v) is 6.28. The van der Waals surface area contributed by atoms with Crippen LogP contribution < -0.4 is 0 Å². The number of methoxy groups -OCH3 is 1. The fraction of sp³-hybridized carbons (Fsp3) is 0.467.